The van der Waals surface area contributed by atoms with Gasteiger partial charge in [-0.05, 0) is 56.7 Å². The molecule has 13 heteroatoms. The molecule has 2 heterocycles. The summed E-state index contributed by atoms with van der Waals surface area (Å²) in [5, 5.41) is 17.2. The van der Waals surface area contributed by atoms with Crippen molar-refractivity contribution in [3.63, 3.8) is 0 Å². The first-order valence-corrected chi connectivity index (χ1v) is 14.2. The van der Waals surface area contributed by atoms with E-state index in [2.05, 4.69) is 15.5 Å². The Labute approximate surface area is 236 Å². The van der Waals surface area contributed by atoms with E-state index in [1.54, 1.807) is 0 Å². The van der Waals surface area contributed by atoms with E-state index in [4.69, 9.17) is 9.72 Å². The van der Waals surface area contributed by atoms with Crippen LogP contribution in [0.2, 0.25) is 0 Å². The maximum atomic E-state index is 13.3. The molecule has 2 N–H and O–H groups in total. The van der Waals surface area contributed by atoms with Gasteiger partial charge >= 0.3 is 12.2 Å². The summed E-state index contributed by atoms with van der Waals surface area (Å²) in [6, 6.07) is 8.90. The van der Waals surface area contributed by atoms with Gasteiger partial charge in [-0.2, -0.15) is 18.2 Å². The largest absolute Gasteiger partial charge is 0.474 e. The van der Waals surface area contributed by atoms with Crippen LogP contribution in [-0.2, 0) is 6.18 Å². The minimum absolute atomic E-state index is 0.0149. The fourth-order valence-corrected chi connectivity index (χ4v) is 5.86. The molecule has 10 nitrogen and oxygen atoms in total. The third-order valence-corrected chi connectivity index (χ3v) is 8.11. The summed E-state index contributed by atoms with van der Waals surface area (Å²) in [6.07, 6.45) is 2.31. The lowest BCUT2D eigenvalue weighted by Gasteiger charge is -2.36. The Balaban J connectivity index is 1.09. The molecule has 1 aromatic heterocycles. The molecular formula is C28H35F3N6O4. The molecule has 222 valence electrons. The highest BCUT2D eigenvalue weighted by atomic mass is 19.4. The number of ether oxygens (including phenoxy) is 1. The summed E-state index contributed by atoms with van der Waals surface area (Å²) in [5.74, 6) is 1.32. The van der Waals surface area contributed by atoms with Crippen molar-refractivity contribution in [2.24, 2.45) is 0 Å². The number of hydrogen-bond donors (Lipinski definition) is 2. The van der Waals surface area contributed by atoms with Gasteiger partial charge < -0.3 is 25.2 Å². The predicted molar refractivity (Wildman–Crippen MR) is 147 cm³/mol. The van der Waals surface area contributed by atoms with Crippen LogP contribution in [0.5, 0.6) is 5.88 Å². The van der Waals surface area contributed by atoms with Crippen molar-refractivity contribution in [2.75, 3.05) is 36.4 Å². The van der Waals surface area contributed by atoms with E-state index >= 15 is 0 Å². The van der Waals surface area contributed by atoms with Crippen molar-refractivity contribution in [2.45, 2.75) is 75.7 Å². The quantitative estimate of drug-likeness (QED) is 0.327. The number of nitro benzene ring substituents is 1. The van der Waals surface area contributed by atoms with Gasteiger partial charge in [-0.25, -0.2) is 4.79 Å². The highest BCUT2D eigenvalue weighted by Gasteiger charge is 2.38. The zero-order valence-corrected chi connectivity index (χ0v) is 22.7. The Kier molecular flexibility index (Phi) is 8.69. The molecule has 0 spiro atoms. The lowest BCUT2D eigenvalue weighted by atomic mass is 9.92. The van der Waals surface area contributed by atoms with Crippen LogP contribution in [0.4, 0.5) is 35.2 Å². The van der Waals surface area contributed by atoms with Crippen molar-refractivity contribution in [3.05, 3.63) is 52.1 Å². The summed E-state index contributed by atoms with van der Waals surface area (Å²) in [6.45, 7) is 2.62. The summed E-state index contributed by atoms with van der Waals surface area (Å²) >= 11 is 0. The molecule has 0 bridgehead atoms. The summed E-state index contributed by atoms with van der Waals surface area (Å²) in [4.78, 5) is 31.3. The zero-order valence-electron chi connectivity index (χ0n) is 22.7. The fourth-order valence-electron chi connectivity index (χ4n) is 5.86. The number of hydrogen-bond acceptors (Lipinski definition) is 7. The van der Waals surface area contributed by atoms with Gasteiger partial charge in [0.15, 0.2) is 0 Å². The number of rotatable bonds is 7. The lowest BCUT2D eigenvalue weighted by molar-refractivity contribution is -0.388. The van der Waals surface area contributed by atoms with Crippen LogP contribution in [-0.4, -0.2) is 65.2 Å². The van der Waals surface area contributed by atoms with Crippen LogP contribution in [0.15, 0.2) is 36.4 Å². The number of carbonyl (C=O) groups is 1. The molecule has 2 saturated carbocycles. The van der Waals surface area contributed by atoms with E-state index in [0.29, 0.717) is 63.8 Å². The number of nitro groups is 1. The Morgan fingerprint density at radius 1 is 0.976 bits per heavy atom. The molecule has 3 fully saturated rings. The number of carbonyl (C=O) groups excluding carboxylic acids is 1. The van der Waals surface area contributed by atoms with E-state index in [1.807, 2.05) is 23.1 Å². The first-order chi connectivity index (χ1) is 19.7. The van der Waals surface area contributed by atoms with E-state index in [9.17, 15) is 28.1 Å². The minimum Gasteiger partial charge on any atom is -0.474 e. The Morgan fingerprint density at radius 2 is 1.68 bits per heavy atom. The monoisotopic (exact) mass is 576 g/mol. The third-order valence-electron chi connectivity index (χ3n) is 8.11. The van der Waals surface area contributed by atoms with Crippen LogP contribution in [0.25, 0.3) is 0 Å². The number of urea groups is 1. The van der Waals surface area contributed by atoms with Gasteiger partial charge in [-0.3, -0.25) is 10.1 Å². The van der Waals surface area contributed by atoms with E-state index in [-0.39, 0.29) is 23.9 Å². The minimum atomic E-state index is -4.82. The number of anilines is 2. The third kappa shape index (κ3) is 7.31. The number of pyridine rings is 1. The normalized spacial score (nSPS) is 21.9. The van der Waals surface area contributed by atoms with Gasteiger partial charge in [0.05, 0.1) is 4.92 Å². The highest BCUT2D eigenvalue weighted by molar-refractivity contribution is 5.75. The smallest absolute Gasteiger partial charge is 0.423 e. The van der Waals surface area contributed by atoms with Crippen molar-refractivity contribution >= 4 is 23.2 Å². The molecule has 1 saturated heterocycles. The SMILES string of the molecule is O=C(NC1CCCC1)N1CCN(c2cccc(OC3CCC(Nc4ccc([N+](=O)[O-])c(C(F)(F)F)c4)CC3)n2)CC1. The van der Waals surface area contributed by atoms with Crippen molar-refractivity contribution in [1.29, 1.82) is 0 Å². The van der Waals surface area contributed by atoms with Gasteiger partial charge in [0, 0.05) is 56.1 Å². The maximum absolute atomic E-state index is 13.3. The highest BCUT2D eigenvalue weighted by Crippen LogP contribution is 2.38. The van der Waals surface area contributed by atoms with Crippen molar-refractivity contribution in [3.8, 4) is 5.88 Å². The number of piperazine rings is 1. The van der Waals surface area contributed by atoms with E-state index in [1.165, 1.54) is 18.9 Å². The molecule has 1 aliphatic heterocycles. The molecule has 3 aliphatic rings. The standard InChI is InChI=1S/C28H35F3N6O4/c29-28(30,31)23-18-21(10-13-24(23)37(39)40)32-20-8-11-22(12-9-20)41-26-7-3-6-25(34-26)35-14-16-36(17-15-35)27(38)33-19-4-1-2-5-19/h3,6-7,10,13,18-20,22,32H,1-2,4-5,8-9,11-12,14-17H2,(H,33,38). The van der Waals surface area contributed by atoms with Gasteiger partial charge in [-0.15, -0.1) is 0 Å². The topological polar surface area (TPSA) is 113 Å². The number of alkyl halides is 3. The molecule has 2 aliphatic carbocycles. The average Bonchev–Trinajstić information content (AvgIpc) is 3.47. The Morgan fingerprint density at radius 3 is 2.34 bits per heavy atom. The molecule has 5 rings (SSSR count). The van der Waals surface area contributed by atoms with Crippen LogP contribution in [0.3, 0.4) is 0 Å². The molecule has 41 heavy (non-hydrogen) atoms. The second kappa shape index (κ2) is 12.4. The molecule has 2 amide bonds. The number of nitrogens with one attached hydrogen (secondary N) is 2. The average molecular weight is 577 g/mol. The molecule has 0 radical (unpaired) electrons. The molecule has 0 atom stereocenters. The number of nitrogens with zero attached hydrogens (tertiary/aromatic N) is 4. The van der Waals surface area contributed by atoms with Crippen LogP contribution in [0, 0.1) is 10.1 Å². The van der Waals surface area contributed by atoms with Gasteiger partial charge in [0.2, 0.25) is 5.88 Å². The molecule has 0 unspecified atom stereocenters. The van der Waals surface area contributed by atoms with Crippen LogP contribution >= 0.6 is 0 Å². The molecular weight excluding hydrogens is 541 g/mol. The summed E-state index contributed by atoms with van der Waals surface area (Å²) < 4.78 is 46.1. The van der Waals surface area contributed by atoms with Crippen molar-refractivity contribution < 1.29 is 27.6 Å². The zero-order chi connectivity index (χ0) is 29.0. The van der Waals surface area contributed by atoms with Crippen LogP contribution in [0.1, 0.15) is 56.9 Å². The van der Waals surface area contributed by atoms with Gasteiger partial charge in [-0.1, -0.05) is 18.9 Å². The second-order valence-electron chi connectivity index (χ2n) is 11.0. The number of aromatic nitrogens is 1. The summed E-state index contributed by atoms with van der Waals surface area (Å²) in [7, 11) is 0. The number of halogens is 3. The van der Waals surface area contributed by atoms with Crippen molar-refractivity contribution in [1.82, 2.24) is 15.2 Å². The predicted octanol–water partition coefficient (Wildman–Crippen LogP) is 5.58. The maximum Gasteiger partial charge on any atom is 0.423 e. The molecule has 1 aromatic carbocycles. The Hall–Kier alpha value is -3.77. The lowest BCUT2D eigenvalue weighted by Crippen LogP contribution is -2.53. The molecule has 2 aromatic rings. The Bertz CT molecular complexity index is 1220. The van der Waals surface area contributed by atoms with Gasteiger partial charge in [0.25, 0.3) is 5.69 Å². The fraction of sp³-hybridized carbons (Fsp3) is 0.571. The van der Waals surface area contributed by atoms with Crippen LogP contribution < -0.4 is 20.3 Å². The summed E-state index contributed by atoms with van der Waals surface area (Å²) in [5.41, 5.74) is -2.01. The first-order valence-electron chi connectivity index (χ1n) is 14.2. The first kappa shape index (κ1) is 28.7. The van der Waals surface area contributed by atoms with Gasteiger partial charge in [0.1, 0.15) is 17.5 Å². The number of amides is 2. The second-order valence-corrected chi connectivity index (χ2v) is 11.0. The number of benzene rings is 1. The van der Waals surface area contributed by atoms with E-state index < -0.39 is 22.4 Å². The van der Waals surface area contributed by atoms with E-state index in [0.717, 1.165) is 30.8 Å².